The molecule has 0 aromatic carbocycles. The molecule has 0 spiro atoms. The molecule has 2 aromatic rings. The Balaban J connectivity index is 2.27. The Labute approximate surface area is 101 Å². The number of nitrogens with one attached hydrogen (secondary N) is 1. The van der Waals surface area contributed by atoms with Crippen molar-refractivity contribution in [1.82, 2.24) is 19.9 Å². The van der Waals surface area contributed by atoms with E-state index in [9.17, 15) is 0 Å². The first-order valence-electron chi connectivity index (χ1n) is 5.86. The van der Waals surface area contributed by atoms with Crippen molar-refractivity contribution >= 4 is 5.52 Å². The fourth-order valence-corrected chi connectivity index (χ4v) is 1.87. The first-order valence-corrected chi connectivity index (χ1v) is 5.86. The zero-order chi connectivity index (χ0) is 12.1. The second-order valence-corrected chi connectivity index (χ2v) is 3.97. The average Bonchev–Trinajstić information content (AvgIpc) is 2.78. The van der Waals surface area contributed by atoms with Gasteiger partial charge in [-0.15, -0.1) is 0 Å². The van der Waals surface area contributed by atoms with Crippen LogP contribution in [0.4, 0.5) is 0 Å². The van der Waals surface area contributed by atoms with Crippen LogP contribution in [0, 0.1) is 0 Å². The molecule has 1 atom stereocenters. The van der Waals surface area contributed by atoms with Crippen molar-refractivity contribution in [2.45, 2.75) is 19.4 Å². The van der Waals surface area contributed by atoms with E-state index in [1.807, 2.05) is 23.1 Å². The number of hydrogen-bond acceptors (Lipinski definition) is 4. The highest BCUT2D eigenvalue weighted by Gasteiger charge is 2.15. The van der Waals surface area contributed by atoms with Crippen molar-refractivity contribution < 1.29 is 4.74 Å². The zero-order valence-electron chi connectivity index (χ0n) is 10.3. The molecule has 0 radical (unpaired) electrons. The van der Waals surface area contributed by atoms with E-state index >= 15 is 0 Å². The van der Waals surface area contributed by atoms with Gasteiger partial charge in [0.05, 0.1) is 30.6 Å². The van der Waals surface area contributed by atoms with E-state index in [0.29, 0.717) is 6.61 Å². The van der Waals surface area contributed by atoms with Crippen LogP contribution >= 0.6 is 0 Å². The smallest absolute Gasteiger partial charge is 0.0893 e. The van der Waals surface area contributed by atoms with Gasteiger partial charge in [-0.2, -0.15) is 5.10 Å². The molecule has 92 valence electrons. The predicted molar refractivity (Wildman–Crippen MR) is 65.9 cm³/mol. The number of hydrogen-bond donors (Lipinski definition) is 1. The molecule has 0 aliphatic carbocycles. The Bertz CT molecular complexity index is 468. The van der Waals surface area contributed by atoms with Gasteiger partial charge in [0.25, 0.3) is 0 Å². The van der Waals surface area contributed by atoms with Crippen LogP contribution in [0.15, 0.2) is 24.8 Å². The minimum absolute atomic E-state index is 0.168. The van der Waals surface area contributed by atoms with Gasteiger partial charge in [0.2, 0.25) is 0 Å². The highest BCUT2D eigenvalue weighted by molar-refractivity contribution is 5.53. The molecule has 2 aromatic heterocycles. The van der Waals surface area contributed by atoms with E-state index in [-0.39, 0.29) is 6.04 Å². The van der Waals surface area contributed by atoms with E-state index in [4.69, 9.17) is 4.74 Å². The van der Waals surface area contributed by atoms with Gasteiger partial charge >= 0.3 is 0 Å². The van der Waals surface area contributed by atoms with Gasteiger partial charge in [0.1, 0.15) is 0 Å². The van der Waals surface area contributed by atoms with Crippen LogP contribution < -0.4 is 5.32 Å². The molecule has 2 heterocycles. The molecule has 0 fully saturated rings. The van der Waals surface area contributed by atoms with Crippen molar-refractivity contribution in [3.05, 3.63) is 30.4 Å². The lowest BCUT2D eigenvalue weighted by Crippen LogP contribution is -2.25. The highest BCUT2D eigenvalue weighted by atomic mass is 16.5. The molecule has 0 bridgehead atoms. The summed E-state index contributed by atoms with van der Waals surface area (Å²) in [4.78, 5) is 4.14. The maximum Gasteiger partial charge on any atom is 0.0893 e. The molecule has 0 saturated heterocycles. The Morgan fingerprint density at radius 1 is 1.47 bits per heavy atom. The summed E-state index contributed by atoms with van der Waals surface area (Å²) in [7, 11) is 1.71. The summed E-state index contributed by atoms with van der Waals surface area (Å²) >= 11 is 0. The molecule has 0 amide bonds. The molecule has 5 nitrogen and oxygen atoms in total. The zero-order valence-corrected chi connectivity index (χ0v) is 10.3. The van der Waals surface area contributed by atoms with E-state index in [1.54, 1.807) is 13.3 Å². The van der Waals surface area contributed by atoms with Crippen molar-refractivity contribution in [1.29, 1.82) is 0 Å². The second kappa shape index (κ2) is 5.75. The van der Waals surface area contributed by atoms with Gasteiger partial charge in [-0.05, 0) is 13.0 Å². The number of rotatable bonds is 6. The molecule has 0 aliphatic heterocycles. The van der Waals surface area contributed by atoms with E-state index in [1.165, 1.54) is 0 Å². The van der Waals surface area contributed by atoms with Crippen LogP contribution in [0.1, 0.15) is 24.9 Å². The molecular weight excluding hydrogens is 216 g/mol. The summed E-state index contributed by atoms with van der Waals surface area (Å²) in [5.41, 5.74) is 2.16. The van der Waals surface area contributed by atoms with Crippen LogP contribution in [0.3, 0.4) is 0 Å². The van der Waals surface area contributed by atoms with Gasteiger partial charge < -0.3 is 10.1 Å². The maximum atomic E-state index is 5.25. The summed E-state index contributed by atoms with van der Waals surface area (Å²) in [6.45, 7) is 3.75. The maximum absolute atomic E-state index is 5.25. The third-order valence-corrected chi connectivity index (χ3v) is 2.70. The van der Waals surface area contributed by atoms with Gasteiger partial charge in [0, 0.05) is 25.1 Å². The molecule has 1 N–H and O–H groups in total. The first-order chi connectivity index (χ1) is 8.36. The molecule has 1 unspecified atom stereocenters. The van der Waals surface area contributed by atoms with Gasteiger partial charge in [-0.3, -0.25) is 4.98 Å². The number of nitrogens with zero attached hydrogens (tertiary/aromatic N) is 3. The summed E-state index contributed by atoms with van der Waals surface area (Å²) in [6.07, 6.45) is 8.39. The highest BCUT2D eigenvalue weighted by Crippen LogP contribution is 2.18. The van der Waals surface area contributed by atoms with Crippen molar-refractivity contribution in [2.24, 2.45) is 0 Å². The number of fused-ring (bicyclic) bond motifs is 1. The second-order valence-electron chi connectivity index (χ2n) is 3.97. The summed E-state index contributed by atoms with van der Waals surface area (Å²) in [6, 6.07) is 0.168. The third kappa shape index (κ3) is 2.62. The lowest BCUT2D eigenvalue weighted by molar-refractivity contribution is 0.167. The number of ether oxygens (including phenoxy) is 1. The van der Waals surface area contributed by atoms with Gasteiger partial charge in [0.15, 0.2) is 0 Å². The molecular formula is C12H18N4O. The summed E-state index contributed by atoms with van der Waals surface area (Å²) < 4.78 is 7.09. The Morgan fingerprint density at radius 3 is 3.12 bits per heavy atom. The SMILES string of the molecule is CCCNC(COC)c1cnn2ccncc12. The standard InChI is InChI=1S/C12H18N4O/c1-3-4-14-11(9-17-2)10-7-15-16-6-5-13-8-12(10)16/h5-8,11,14H,3-4,9H2,1-2H3. The average molecular weight is 234 g/mol. The van der Waals surface area contributed by atoms with Crippen LogP contribution in [0.2, 0.25) is 0 Å². The van der Waals surface area contributed by atoms with Crippen LogP contribution in [0.25, 0.3) is 5.52 Å². The first kappa shape index (κ1) is 12.0. The van der Waals surface area contributed by atoms with Gasteiger partial charge in [-0.25, -0.2) is 4.52 Å². The summed E-state index contributed by atoms with van der Waals surface area (Å²) in [5, 5.41) is 7.77. The van der Waals surface area contributed by atoms with Gasteiger partial charge in [-0.1, -0.05) is 6.92 Å². The number of aromatic nitrogens is 3. The Morgan fingerprint density at radius 2 is 2.35 bits per heavy atom. The Kier molecular flexibility index (Phi) is 4.06. The monoisotopic (exact) mass is 234 g/mol. The molecule has 5 heteroatoms. The third-order valence-electron chi connectivity index (χ3n) is 2.70. The minimum atomic E-state index is 0.168. The van der Waals surface area contributed by atoms with E-state index in [0.717, 1.165) is 24.0 Å². The van der Waals surface area contributed by atoms with E-state index < -0.39 is 0 Å². The largest absolute Gasteiger partial charge is 0.383 e. The van der Waals surface area contributed by atoms with Crippen molar-refractivity contribution in [3.8, 4) is 0 Å². The van der Waals surface area contributed by atoms with Crippen molar-refractivity contribution in [3.63, 3.8) is 0 Å². The van der Waals surface area contributed by atoms with Crippen molar-refractivity contribution in [2.75, 3.05) is 20.3 Å². The number of methoxy groups -OCH3 is 1. The molecule has 0 saturated carbocycles. The molecule has 2 rings (SSSR count). The normalized spacial score (nSPS) is 13.1. The molecule has 0 aliphatic rings. The quantitative estimate of drug-likeness (QED) is 0.821. The summed E-state index contributed by atoms with van der Waals surface area (Å²) in [5.74, 6) is 0. The lowest BCUT2D eigenvalue weighted by atomic mass is 10.1. The Hall–Kier alpha value is -1.46. The molecule has 17 heavy (non-hydrogen) atoms. The van der Waals surface area contributed by atoms with E-state index in [2.05, 4.69) is 22.3 Å². The van der Waals surface area contributed by atoms with Crippen LogP contribution in [-0.4, -0.2) is 34.9 Å². The fourth-order valence-electron chi connectivity index (χ4n) is 1.87. The minimum Gasteiger partial charge on any atom is -0.383 e. The fraction of sp³-hybridized carbons (Fsp3) is 0.500. The topological polar surface area (TPSA) is 51.5 Å². The lowest BCUT2D eigenvalue weighted by Gasteiger charge is -2.16. The predicted octanol–water partition coefficient (Wildman–Crippen LogP) is 1.42. The van der Waals surface area contributed by atoms with Crippen LogP contribution in [-0.2, 0) is 4.74 Å². The van der Waals surface area contributed by atoms with Crippen LogP contribution in [0.5, 0.6) is 0 Å².